The maximum absolute atomic E-state index is 11.9. The number of carboxylic acids is 1. The summed E-state index contributed by atoms with van der Waals surface area (Å²) < 4.78 is 25.4. The quantitative estimate of drug-likeness (QED) is 0.128. The minimum absolute atomic E-state index is 0.194. The van der Waals surface area contributed by atoms with E-state index >= 15 is 0 Å². The predicted octanol–water partition coefficient (Wildman–Crippen LogP) is 6.73. The van der Waals surface area contributed by atoms with Crippen LogP contribution in [0.1, 0.15) is 30.7 Å². The normalized spacial score (nSPS) is 11.0. The number of esters is 1. The van der Waals surface area contributed by atoms with E-state index in [-0.39, 0.29) is 11.3 Å². The first kappa shape index (κ1) is 34.5. The number of carboxylic acid groups (broad SMARTS) is 1. The van der Waals surface area contributed by atoms with Gasteiger partial charge in [0.05, 0.1) is 18.5 Å². The molecule has 0 spiro atoms. The Hall–Kier alpha value is -2.94. The summed E-state index contributed by atoms with van der Waals surface area (Å²) in [6.07, 6.45) is -0.355. The van der Waals surface area contributed by atoms with Crippen molar-refractivity contribution in [1.29, 1.82) is 0 Å². The number of ether oxygens (including phenoxy) is 5. The van der Waals surface area contributed by atoms with Crippen LogP contribution in [-0.4, -0.2) is 75.1 Å². The molecule has 0 saturated heterocycles. The number of hydrogen-bond donors (Lipinski definition) is 1. The molecule has 0 fully saturated rings. The Morgan fingerprint density at radius 3 is 1.42 bits per heavy atom. The Balaban J connectivity index is 0.000000236. The van der Waals surface area contributed by atoms with Crippen molar-refractivity contribution >= 4 is 57.8 Å². The van der Waals surface area contributed by atoms with E-state index in [0.717, 1.165) is 27.5 Å². The summed E-state index contributed by atoms with van der Waals surface area (Å²) in [5, 5.41) is 11.9. The van der Waals surface area contributed by atoms with E-state index in [4.69, 9.17) is 46.9 Å². The molecule has 0 bridgehead atoms. The van der Waals surface area contributed by atoms with Gasteiger partial charge in [-0.25, -0.2) is 19.6 Å². The Morgan fingerprint density at radius 1 is 0.698 bits per heavy atom. The Morgan fingerprint density at radius 2 is 1.07 bits per heavy atom. The van der Waals surface area contributed by atoms with E-state index in [2.05, 4.69) is 9.97 Å². The highest BCUT2D eigenvalue weighted by atomic mass is 35.5. The number of thiazole rings is 2. The van der Waals surface area contributed by atoms with Gasteiger partial charge in [0, 0.05) is 62.5 Å². The van der Waals surface area contributed by atoms with E-state index in [1.54, 1.807) is 50.6 Å². The maximum atomic E-state index is 11.9. The molecule has 4 rings (SSSR count). The van der Waals surface area contributed by atoms with Gasteiger partial charge in [-0.2, -0.15) is 0 Å². The van der Waals surface area contributed by atoms with Crippen LogP contribution in [-0.2, 0) is 36.5 Å². The fraction of sp³-hybridized carbons (Fsp3) is 0.310. The van der Waals surface area contributed by atoms with Crippen LogP contribution in [0, 0.1) is 0 Å². The highest BCUT2D eigenvalue weighted by Crippen LogP contribution is 2.31. The molecule has 0 saturated carbocycles. The van der Waals surface area contributed by atoms with Gasteiger partial charge in [0.15, 0.2) is 12.6 Å². The first-order valence-electron chi connectivity index (χ1n) is 12.6. The third-order valence-corrected chi connectivity index (χ3v) is 8.68. The molecule has 2 aromatic carbocycles. The first-order chi connectivity index (χ1) is 20.6. The summed E-state index contributed by atoms with van der Waals surface area (Å²) >= 11 is 14.1. The molecule has 2 aromatic heterocycles. The number of benzene rings is 2. The van der Waals surface area contributed by atoms with Gasteiger partial charge in [0.1, 0.15) is 19.8 Å². The molecule has 0 radical (unpaired) electrons. The van der Waals surface area contributed by atoms with Crippen LogP contribution in [0.3, 0.4) is 0 Å². The number of nitrogens with zero attached hydrogens (tertiary/aromatic N) is 2. The van der Waals surface area contributed by atoms with Crippen LogP contribution in [0.15, 0.2) is 48.5 Å². The summed E-state index contributed by atoms with van der Waals surface area (Å²) in [4.78, 5) is 32.9. The lowest BCUT2D eigenvalue weighted by Crippen LogP contribution is -2.18. The Labute approximate surface area is 267 Å². The zero-order valence-electron chi connectivity index (χ0n) is 24.0. The number of rotatable bonds is 12. The molecule has 0 aliphatic heterocycles. The van der Waals surface area contributed by atoms with Crippen LogP contribution in [0.25, 0.3) is 21.1 Å². The monoisotopic (exact) mass is 668 g/mol. The summed E-state index contributed by atoms with van der Waals surface area (Å²) in [6, 6.07) is 14.4. The minimum Gasteiger partial charge on any atom is -0.477 e. The molecule has 10 nitrogen and oxygen atoms in total. The lowest BCUT2D eigenvalue weighted by molar-refractivity contribution is -0.101. The van der Waals surface area contributed by atoms with Gasteiger partial charge in [0.2, 0.25) is 0 Å². The van der Waals surface area contributed by atoms with Crippen molar-refractivity contribution in [2.75, 3.05) is 35.5 Å². The zero-order chi connectivity index (χ0) is 31.5. The SMILES string of the molecule is COC(=O)c1sc(-c2ccc(Cl)cc2)nc1CC(OC)OC.COC(Cc1nc(-c2ccc(Cl)cc2)sc1C(=O)O)OC. The third kappa shape index (κ3) is 9.52. The molecule has 0 amide bonds. The molecular formula is C29H30Cl2N2O8S2. The summed E-state index contributed by atoms with van der Waals surface area (Å²) in [5.74, 6) is -1.42. The van der Waals surface area contributed by atoms with Crippen molar-refractivity contribution in [2.24, 2.45) is 0 Å². The molecule has 14 heteroatoms. The maximum Gasteiger partial charge on any atom is 0.350 e. The average Bonchev–Trinajstić information content (AvgIpc) is 3.64. The highest BCUT2D eigenvalue weighted by Gasteiger charge is 2.23. The van der Waals surface area contributed by atoms with Gasteiger partial charge in [0.25, 0.3) is 0 Å². The van der Waals surface area contributed by atoms with Crippen molar-refractivity contribution in [2.45, 2.75) is 25.4 Å². The number of carbonyl (C=O) groups is 2. The zero-order valence-corrected chi connectivity index (χ0v) is 27.1. The van der Waals surface area contributed by atoms with E-state index in [1.165, 1.54) is 32.7 Å². The van der Waals surface area contributed by atoms with E-state index in [0.29, 0.717) is 37.7 Å². The van der Waals surface area contributed by atoms with Gasteiger partial charge >= 0.3 is 11.9 Å². The smallest absolute Gasteiger partial charge is 0.350 e. The average molecular weight is 670 g/mol. The van der Waals surface area contributed by atoms with Crippen LogP contribution < -0.4 is 0 Å². The van der Waals surface area contributed by atoms with Gasteiger partial charge in [-0.1, -0.05) is 47.5 Å². The number of hydrogen-bond acceptors (Lipinski definition) is 11. The molecule has 2 heterocycles. The second-order valence-electron chi connectivity index (χ2n) is 8.61. The number of methoxy groups -OCH3 is 5. The van der Waals surface area contributed by atoms with Gasteiger partial charge in [-0.05, 0) is 24.3 Å². The van der Waals surface area contributed by atoms with E-state index < -0.39 is 24.5 Å². The molecule has 4 aromatic rings. The molecule has 43 heavy (non-hydrogen) atoms. The van der Waals surface area contributed by atoms with Crippen LogP contribution >= 0.6 is 45.9 Å². The third-order valence-electron chi connectivity index (χ3n) is 5.91. The highest BCUT2D eigenvalue weighted by molar-refractivity contribution is 7.17. The van der Waals surface area contributed by atoms with Crippen molar-refractivity contribution in [3.63, 3.8) is 0 Å². The number of aromatic carboxylic acids is 1. The van der Waals surface area contributed by atoms with Crippen LogP contribution in [0.2, 0.25) is 10.0 Å². The molecular weight excluding hydrogens is 639 g/mol. The fourth-order valence-electron chi connectivity index (χ4n) is 3.67. The molecule has 0 aliphatic rings. The van der Waals surface area contributed by atoms with Crippen molar-refractivity contribution in [3.05, 3.63) is 79.7 Å². The Bertz CT molecular complexity index is 1490. The van der Waals surface area contributed by atoms with Crippen LogP contribution in [0.5, 0.6) is 0 Å². The van der Waals surface area contributed by atoms with Gasteiger partial charge in [-0.15, -0.1) is 22.7 Å². The fourth-order valence-corrected chi connectivity index (χ4v) is 5.88. The molecule has 1 N–H and O–H groups in total. The predicted molar refractivity (Wildman–Crippen MR) is 166 cm³/mol. The molecule has 0 aliphatic carbocycles. The summed E-state index contributed by atoms with van der Waals surface area (Å²) in [6.45, 7) is 0. The molecule has 230 valence electrons. The lowest BCUT2D eigenvalue weighted by Gasteiger charge is -2.12. The van der Waals surface area contributed by atoms with E-state index in [1.807, 2.05) is 12.1 Å². The number of aromatic nitrogens is 2. The topological polar surface area (TPSA) is 126 Å². The summed E-state index contributed by atoms with van der Waals surface area (Å²) in [5.41, 5.74) is 2.75. The second kappa shape index (κ2) is 16.8. The Kier molecular flexibility index (Phi) is 13.5. The van der Waals surface area contributed by atoms with Gasteiger partial charge < -0.3 is 28.8 Å². The standard InChI is InChI=1S/C15H16ClNO4S.C14H14ClNO4S/c1-19-12(20-2)8-11-13(15(18)21-3)22-14(17-11)9-4-6-10(16)7-5-9;1-19-11(20-2)7-10-12(14(17)18)21-13(16-10)8-3-5-9(15)6-4-8/h4-7,12H,8H2,1-3H3;3-6,11H,7H2,1-2H3,(H,17,18). The molecule has 0 unspecified atom stereocenters. The number of halogens is 2. The minimum atomic E-state index is -1.01. The van der Waals surface area contributed by atoms with Crippen molar-refractivity contribution in [1.82, 2.24) is 9.97 Å². The first-order valence-corrected chi connectivity index (χ1v) is 15.0. The van der Waals surface area contributed by atoms with Crippen LogP contribution in [0.4, 0.5) is 0 Å². The lowest BCUT2D eigenvalue weighted by atomic mass is 10.2. The second-order valence-corrected chi connectivity index (χ2v) is 11.5. The van der Waals surface area contributed by atoms with Gasteiger partial charge in [-0.3, -0.25) is 0 Å². The van der Waals surface area contributed by atoms with Crippen molar-refractivity contribution in [3.8, 4) is 21.1 Å². The largest absolute Gasteiger partial charge is 0.477 e. The van der Waals surface area contributed by atoms with E-state index in [9.17, 15) is 14.7 Å². The number of carbonyl (C=O) groups excluding carboxylic acids is 1. The molecule has 0 atom stereocenters. The van der Waals surface area contributed by atoms with Crippen molar-refractivity contribution < 1.29 is 38.4 Å². The summed E-state index contributed by atoms with van der Waals surface area (Å²) in [7, 11) is 7.43.